The van der Waals surface area contributed by atoms with Crippen LogP contribution in [-0.4, -0.2) is 44.8 Å². The standard InChI is InChI=1S/C27H33N5O3/c1-3-31(21-7-5-4-6-8-21)26(35)20-13-14-23-22(17-20)29-27(32(23)16-15-24(28)33)30-25(34)19-11-9-18(2)10-12-19/h9-14,17,21H,3-8,15-16H2,1-2H3,(H2,28,33)(H,29,30,34). The maximum absolute atomic E-state index is 13.4. The zero-order valence-corrected chi connectivity index (χ0v) is 20.4. The van der Waals surface area contributed by atoms with E-state index in [2.05, 4.69) is 10.3 Å². The predicted molar refractivity (Wildman–Crippen MR) is 136 cm³/mol. The number of carbonyl (C=O) groups excluding carboxylic acids is 3. The van der Waals surface area contributed by atoms with Crippen LogP contribution in [0.15, 0.2) is 42.5 Å². The molecule has 0 spiro atoms. The molecule has 0 aliphatic heterocycles. The van der Waals surface area contributed by atoms with Crippen LogP contribution in [0.5, 0.6) is 0 Å². The third-order valence-corrected chi connectivity index (χ3v) is 6.73. The second-order valence-electron chi connectivity index (χ2n) is 9.21. The van der Waals surface area contributed by atoms with E-state index in [1.54, 1.807) is 28.8 Å². The Balaban J connectivity index is 1.65. The van der Waals surface area contributed by atoms with Crippen LogP contribution >= 0.6 is 0 Å². The fourth-order valence-electron chi connectivity index (χ4n) is 4.81. The minimum atomic E-state index is -0.444. The number of carbonyl (C=O) groups is 3. The van der Waals surface area contributed by atoms with E-state index in [0.717, 1.165) is 36.8 Å². The Bertz CT molecular complexity index is 1230. The highest BCUT2D eigenvalue weighted by molar-refractivity contribution is 6.04. The van der Waals surface area contributed by atoms with Gasteiger partial charge < -0.3 is 15.2 Å². The molecule has 184 valence electrons. The molecule has 35 heavy (non-hydrogen) atoms. The molecule has 1 saturated carbocycles. The van der Waals surface area contributed by atoms with Crippen LogP contribution < -0.4 is 11.1 Å². The summed E-state index contributed by atoms with van der Waals surface area (Å²) in [6, 6.07) is 12.9. The number of aromatic nitrogens is 2. The van der Waals surface area contributed by atoms with Crippen LogP contribution in [0.25, 0.3) is 11.0 Å². The Morgan fingerprint density at radius 1 is 1.06 bits per heavy atom. The summed E-state index contributed by atoms with van der Waals surface area (Å²) < 4.78 is 1.76. The quantitative estimate of drug-likeness (QED) is 0.507. The number of hydrogen-bond donors (Lipinski definition) is 2. The molecule has 3 aromatic rings. The second-order valence-corrected chi connectivity index (χ2v) is 9.21. The van der Waals surface area contributed by atoms with E-state index >= 15 is 0 Å². The predicted octanol–water partition coefficient (Wildman–Crippen LogP) is 4.27. The average molecular weight is 476 g/mol. The van der Waals surface area contributed by atoms with Crippen molar-refractivity contribution >= 4 is 34.7 Å². The van der Waals surface area contributed by atoms with Crippen LogP contribution in [0.2, 0.25) is 0 Å². The van der Waals surface area contributed by atoms with Gasteiger partial charge in [-0.1, -0.05) is 37.0 Å². The van der Waals surface area contributed by atoms with Crippen molar-refractivity contribution in [2.75, 3.05) is 11.9 Å². The van der Waals surface area contributed by atoms with Gasteiger partial charge in [0.1, 0.15) is 0 Å². The molecule has 3 amide bonds. The Kier molecular flexibility index (Phi) is 7.48. The number of nitrogens with two attached hydrogens (primary N) is 1. The first kappa shape index (κ1) is 24.4. The van der Waals surface area contributed by atoms with Crippen molar-refractivity contribution in [1.29, 1.82) is 0 Å². The maximum atomic E-state index is 13.4. The van der Waals surface area contributed by atoms with E-state index in [-0.39, 0.29) is 30.8 Å². The third kappa shape index (κ3) is 5.53. The van der Waals surface area contributed by atoms with E-state index in [0.29, 0.717) is 29.1 Å². The number of benzene rings is 2. The van der Waals surface area contributed by atoms with Crippen molar-refractivity contribution in [2.24, 2.45) is 5.73 Å². The SMILES string of the molecule is CCN(C(=O)c1ccc2c(c1)nc(NC(=O)c1ccc(C)cc1)n2CCC(N)=O)C1CCCCC1. The number of rotatable bonds is 8. The van der Waals surface area contributed by atoms with Gasteiger partial charge in [0, 0.05) is 36.7 Å². The minimum absolute atomic E-state index is 0.00164. The molecular formula is C27H33N5O3. The lowest BCUT2D eigenvalue weighted by molar-refractivity contribution is -0.118. The lowest BCUT2D eigenvalue weighted by Gasteiger charge is -2.33. The Morgan fingerprint density at radius 2 is 1.74 bits per heavy atom. The number of amides is 3. The van der Waals surface area contributed by atoms with E-state index in [1.807, 2.05) is 36.9 Å². The molecule has 0 unspecified atom stereocenters. The molecule has 1 aromatic heterocycles. The Morgan fingerprint density at radius 3 is 2.40 bits per heavy atom. The van der Waals surface area contributed by atoms with Crippen LogP contribution in [0.4, 0.5) is 5.95 Å². The van der Waals surface area contributed by atoms with Crippen molar-refractivity contribution in [3.63, 3.8) is 0 Å². The molecule has 4 rings (SSSR count). The van der Waals surface area contributed by atoms with Crippen molar-refractivity contribution in [3.8, 4) is 0 Å². The van der Waals surface area contributed by atoms with Gasteiger partial charge in [-0.25, -0.2) is 4.98 Å². The summed E-state index contributed by atoms with van der Waals surface area (Å²) in [6.07, 6.45) is 5.72. The molecule has 8 heteroatoms. The lowest BCUT2D eigenvalue weighted by Crippen LogP contribution is -2.41. The highest BCUT2D eigenvalue weighted by atomic mass is 16.2. The molecule has 8 nitrogen and oxygen atoms in total. The van der Waals surface area contributed by atoms with Crippen molar-refractivity contribution < 1.29 is 14.4 Å². The van der Waals surface area contributed by atoms with Crippen LogP contribution in [-0.2, 0) is 11.3 Å². The molecule has 1 aliphatic carbocycles. The topological polar surface area (TPSA) is 110 Å². The Hall–Kier alpha value is -3.68. The number of aryl methyl sites for hydroxylation is 2. The van der Waals surface area contributed by atoms with Crippen LogP contribution in [0.1, 0.15) is 71.7 Å². The van der Waals surface area contributed by atoms with Crippen molar-refractivity contribution in [1.82, 2.24) is 14.5 Å². The highest BCUT2D eigenvalue weighted by Crippen LogP contribution is 2.26. The summed E-state index contributed by atoms with van der Waals surface area (Å²) >= 11 is 0. The summed E-state index contributed by atoms with van der Waals surface area (Å²) in [7, 11) is 0. The molecule has 3 N–H and O–H groups in total. The van der Waals surface area contributed by atoms with Gasteiger partial charge in [0.25, 0.3) is 11.8 Å². The second kappa shape index (κ2) is 10.7. The van der Waals surface area contributed by atoms with Gasteiger partial charge in [0.05, 0.1) is 11.0 Å². The zero-order valence-electron chi connectivity index (χ0n) is 20.4. The monoisotopic (exact) mass is 475 g/mol. The number of anilines is 1. The molecule has 0 atom stereocenters. The summed E-state index contributed by atoms with van der Waals surface area (Å²) in [5, 5.41) is 2.86. The normalized spacial score (nSPS) is 14.1. The van der Waals surface area contributed by atoms with Gasteiger partial charge in [-0.3, -0.25) is 19.7 Å². The summed E-state index contributed by atoms with van der Waals surface area (Å²) in [5.74, 6) is -0.429. The zero-order chi connectivity index (χ0) is 24.9. The van der Waals surface area contributed by atoms with E-state index in [1.165, 1.54) is 6.42 Å². The summed E-state index contributed by atoms with van der Waals surface area (Å²) in [4.78, 5) is 44.3. The number of fused-ring (bicyclic) bond motifs is 1. The number of primary amides is 1. The van der Waals surface area contributed by atoms with Gasteiger partial charge in [-0.15, -0.1) is 0 Å². The van der Waals surface area contributed by atoms with E-state index in [4.69, 9.17) is 5.73 Å². The maximum Gasteiger partial charge on any atom is 0.257 e. The Labute approximate surface area is 205 Å². The number of imidazole rings is 1. The van der Waals surface area contributed by atoms with Crippen molar-refractivity contribution in [2.45, 2.75) is 65.0 Å². The molecule has 0 bridgehead atoms. The molecule has 2 aromatic carbocycles. The highest BCUT2D eigenvalue weighted by Gasteiger charge is 2.26. The van der Waals surface area contributed by atoms with Crippen LogP contribution in [0.3, 0.4) is 0 Å². The van der Waals surface area contributed by atoms with E-state index < -0.39 is 5.91 Å². The third-order valence-electron chi connectivity index (χ3n) is 6.73. The summed E-state index contributed by atoms with van der Waals surface area (Å²) in [5.41, 5.74) is 8.82. The fraction of sp³-hybridized carbons (Fsp3) is 0.407. The smallest absolute Gasteiger partial charge is 0.257 e. The van der Waals surface area contributed by atoms with Gasteiger partial charge in [0.15, 0.2) is 0 Å². The van der Waals surface area contributed by atoms with Gasteiger partial charge in [-0.2, -0.15) is 0 Å². The first-order valence-corrected chi connectivity index (χ1v) is 12.3. The molecule has 1 heterocycles. The molecule has 1 fully saturated rings. The number of hydrogen-bond acceptors (Lipinski definition) is 4. The van der Waals surface area contributed by atoms with Crippen LogP contribution in [0, 0.1) is 6.92 Å². The minimum Gasteiger partial charge on any atom is -0.370 e. The van der Waals surface area contributed by atoms with E-state index in [9.17, 15) is 14.4 Å². The summed E-state index contributed by atoms with van der Waals surface area (Å²) in [6.45, 7) is 4.90. The molecule has 1 aliphatic rings. The van der Waals surface area contributed by atoms with Gasteiger partial charge >= 0.3 is 0 Å². The number of nitrogens with one attached hydrogen (secondary N) is 1. The van der Waals surface area contributed by atoms with Gasteiger partial charge in [-0.05, 0) is 57.0 Å². The van der Waals surface area contributed by atoms with Crippen molar-refractivity contribution in [3.05, 3.63) is 59.2 Å². The molecule has 0 saturated heterocycles. The first-order chi connectivity index (χ1) is 16.9. The molecule has 0 radical (unpaired) electrons. The van der Waals surface area contributed by atoms with Gasteiger partial charge in [0.2, 0.25) is 11.9 Å². The largest absolute Gasteiger partial charge is 0.370 e. The average Bonchev–Trinajstić information content (AvgIpc) is 3.20. The first-order valence-electron chi connectivity index (χ1n) is 12.3. The fourth-order valence-corrected chi connectivity index (χ4v) is 4.81. The lowest BCUT2D eigenvalue weighted by atomic mass is 9.93. The molecular weight excluding hydrogens is 442 g/mol. The number of nitrogens with zero attached hydrogens (tertiary/aromatic N) is 3.